The summed E-state index contributed by atoms with van der Waals surface area (Å²) in [6.07, 6.45) is 2.77. The van der Waals surface area contributed by atoms with Gasteiger partial charge in [0.15, 0.2) is 0 Å². The van der Waals surface area contributed by atoms with Gasteiger partial charge < -0.3 is 9.84 Å². The predicted octanol–water partition coefficient (Wildman–Crippen LogP) is 3.32. The molecule has 0 bridgehead atoms. The lowest BCUT2D eigenvalue weighted by Gasteiger charge is -2.27. The number of methoxy groups -OCH3 is 1. The van der Waals surface area contributed by atoms with Crippen molar-refractivity contribution in [3.05, 3.63) is 28.8 Å². The van der Waals surface area contributed by atoms with Crippen molar-refractivity contribution in [2.45, 2.75) is 45.6 Å². The second-order valence-corrected chi connectivity index (χ2v) is 5.47. The van der Waals surface area contributed by atoms with E-state index in [2.05, 4.69) is 26.8 Å². The first-order valence-electron chi connectivity index (χ1n) is 6.35. The highest BCUT2D eigenvalue weighted by Gasteiger charge is 2.39. The number of hydrogen-bond donors (Lipinski definition) is 1. The van der Waals surface area contributed by atoms with Gasteiger partial charge in [0.05, 0.1) is 12.7 Å². The molecular weight excluding hydrogens is 212 g/mol. The van der Waals surface area contributed by atoms with Crippen molar-refractivity contribution >= 4 is 0 Å². The molecule has 1 aliphatic rings. The Morgan fingerprint density at radius 1 is 1.35 bits per heavy atom. The maximum atomic E-state index is 10.8. The molecule has 1 saturated carbocycles. The summed E-state index contributed by atoms with van der Waals surface area (Å²) in [5, 5.41) is 10.8. The minimum absolute atomic E-state index is 0.589. The number of aliphatic hydroxyl groups is 1. The van der Waals surface area contributed by atoms with Crippen LogP contribution in [0.1, 0.15) is 42.9 Å². The Morgan fingerprint density at radius 3 is 2.59 bits per heavy atom. The normalized spacial score (nSPS) is 28.4. The van der Waals surface area contributed by atoms with Crippen molar-refractivity contribution in [2.24, 2.45) is 5.92 Å². The molecule has 0 saturated heterocycles. The second-order valence-electron chi connectivity index (χ2n) is 5.47. The fourth-order valence-corrected chi connectivity index (χ4v) is 2.93. The minimum atomic E-state index is -0.691. The number of hydrogen-bond acceptors (Lipinski definition) is 2. The summed E-state index contributed by atoms with van der Waals surface area (Å²) < 4.78 is 5.51. The Kier molecular flexibility index (Phi) is 3.17. The summed E-state index contributed by atoms with van der Waals surface area (Å²) in [7, 11) is 1.69. The predicted molar refractivity (Wildman–Crippen MR) is 69.4 cm³/mol. The number of benzene rings is 1. The quantitative estimate of drug-likeness (QED) is 0.850. The van der Waals surface area contributed by atoms with Crippen LogP contribution in [0, 0.1) is 19.8 Å². The van der Waals surface area contributed by atoms with Crippen LogP contribution in [0.25, 0.3) is 0 Å². The number of ether oxygens (including phenoxy) is 1. The first-order valence-corrected chi connectivity index (χ1v) is 6.35. The van der Waals surface area contributed by atoms with Gasteiger partial charge in [0, 0.05) is 5.56 Å². The van der Waals surface area contributed by atoms with E-state index < -0.39 is 5.60 Å². The van der Waals surface area contributed by atoms with Crippen LogP contribution < -0.4 is 4.74 Å². The molecule has 2 unspecified atom stereocenters. The first kappa shape index (κ1) is 12.4. The molecule has 1 N–H and O–H groups in total. The van der Waals surface area contributed by atoms with E-state index in [-0.39, 0.29) is 0 Å². The van der Waals surface area contributed by atoms with Crippen LogP contribution in [0.15, 0.2) is 12.1 Å². The summed E-state index contributed by atoms with van der Waals surface area (Å²) >= 11 is 0. The molecular formula is C15H22O2. The van der Waals surface area contributed by atoms with Gasteiger partial charge in [-0.15, -0.1) is 0 Å². The smallest absolute Gasteiger partial charge is 0.128 e. The highest BCUT2D eigenvalue weighted by atomic mass is 16.5. The standard InChI is InChI=1S/C15H22O2/c1-10-7-8-15(16,9-10)13-6-5-11(2)12(3)14(13)17-4/h5-6,10,16H,7-9H2,1-4H3. The van der Waals surface area contributed by atoms with Crippen molar-refractivity contribution in [2.75, 3.05) is 7.11 Å². The van der Waals surface area contributed by atoms with Crippen molar-refractivity contribution in [1.82, 2.24) is 0 Å². The van der Waals surface area contributed by atoms with E-state index in [1.54, 1.807) is 7.11 Å². The van der Waals surface area contributed by atoms with Gasteiger partial charge in [-0.3, -0.25) is 0 Å². The average Bonchev–Trinajstić information content (AvgIpc) is 2.63. The van der Waals surface area contributed by atoms with Gasteiger partial charge in [-0.05, 0) is 50.2 Å². The zero-order valence-electron chi connectivity index (χ0n) is 11.2. The van der Waals surface area contributed by atoms with Crippen LogP contribution in [0.3, 0.4) is 0 Å². The minimum Gasteiger partial charge on any atom is -0.496 e. The van der Waals surface area contributed by atoms with Crippen molar-refractivity contribution in [3.63, 3.8) is 0 Å². The van der Waals surface area contributed by atoms with E-state index in [4.69, 9.17) is 4.74 Å². The summed E-state index contributed by atoms with van der Waals surface area (Å²) in [6, 6.07) is 4.10. The van der Waals surface area contributed by atoms with E-state index in [1.807, 2.05) is 6.07 Å². The molecule has 2 atom stereocenters. The van der Waals surface area contributed by atoms with E-state index in [0.717, 1.165) is 36.1 Å². The van der Waals surface area contributed by atoms with Crippen molar-refractivity contribution in [3.8, 4) is 5.75 Å². The Morgan fingerprint density at radius 2 is 2.06 bits per heavy atom. The SMILES string of the molecule is COc1c(C2(O)CCC(C)C2)ccc(C)c1C. The molecule has 0 aliphatic heterocycles. The maximum Gasteiger partial charge on any atom is 0.128 e. The van der Waals surface area contributed by atoms with Crippen LogP contribution in [0.4, 0.5) is 0 Å². The highest BCUT2D eigenvalue weighted by molar-refractivity contribution is 5.48. The molecule has 1 aromatic carbocycles. The molecule has 1 aliphatic carbocycles. The van der Waals surface area contributed by atoms with Gasteiger partial charge in [0.1, 0.15) is 5.75 Å². The summed E-state index contributed by atoms with van der Waals surface area (Å²) in [5.74, 6) is 1.45. The lowest BCUT2D eigenvalue weighted by atomic mass is 9.88. The fourth-order valence-electron chi connectivity index (χ4n) is 2.93. The van der Waals surface area contributed by atoms with Gasteiger partial charge in [-0.2, -0.15) is 0 Å². The van der Waals surface area contributed by atoms with Gasteiger partial charge in [0.25, 0.3) is 0 Å². The highest BCUT2D eigenvalue weighted by Crippen LogP contribution is 2.46. The Hall–Kier alpha value is -1.02. The molecule has 2 nitrogen and oxygen atoms in total. The Bertz CT molecular complexity index is 425. The number of rotatable bonds is 2. The summed E-state index contributed by atoms with van der Waals surface area (Å²) in [4.78, 5) is 0. The topological polar surface area (TPSA) is 29.5 Å². The van der Waals surface area contributed by atoms with E-state index in [0.29, 0.717) is 5.92 Å². The molecule has 17 heavy (non-hydrogen) atoms. The summed E-state index contributed by atoms with van der Waals surface area (Å²) in [5.41, 5.74) is 2.62. The third-order valence-electron chi connectivity index (χ3n) is 4.12. The Labute approximate surface area is 104 Å². The van der Waals surface area contributed by atoms with Gasteiger partial charge >= 0.3 is 0 Å². The van der Waals surface area contributed by atoms with Crippen LogP contribution in [-0.2, 0) is 5.60 Å². The lowest BCUT2D eigenvalue weighted by molar-refractivity contribution is 0.0382. The third-order valence-corrected chi connectivity index (χ3v) is 4.12. The van der Waals surface area contributed by atoms with E-state index in [1.165, 1.54) is 5.56 Å². The first-order chi connectivity index (χ1) is 7.98. The molecule has 0 spiro atoms. The average molecular weight is 234 g/mol. The molecule has 0 amide bonds. The zero-order valence-corrected chi connectivity index (χ0v) is 11.2. The molecule has 1 fully saturated rings. The largest absolute Gasteiger partial charge is 0.496 e. The molecule has 2 heteroatoms. The van der Waals surface area contributed by atoms with Crippen LogP contribution in [0.5, 0.6) is 5.75 Å². The van der Waals surface area contributed by atoms with Crippen molar-refractivity contribution in [1.29, 1.82) is 0 Å². The molecule has 2 rings (SSSR count). The molecule has 0 radical (unpaired) electrons. The maximum absolute atomic E-state index is 10.8. The Balaban J connectivity index is 2.49. The van der Waals surface area contributed by atoms with Crippen LogP contribution in [-0.4, -0.2) is 12.2 Å². The van der Waals surface area contributed by atoms with E-state index in [9.17, 15) is 5.11 Å². The van der Waals surface area contributed by atoms with Gasteiger partial charge in [-0.1, -0.05) is 19.1 Å². The molecule has 1 aromatic rings. The fraction of sp³-hybridized carbons (Fsp3) is 0.600. The van der Waals surface area contributed by atoms with E-state index >= 15 is 0 Å². The molecule has 94 valence electrons. The lowest BCUT2D eigenvalue weighted by Crippen LogP contribution is -2.23. The monoisotopic (exact) mass is 234 g/mol. The molecule has 0 aromatic heterocycles. The summed E-state index contributed by atoms with van der Waals surface area (Å²) in [6.45, 7) is 6.33. The zero-order chi connectivity index (χ0) is 12.6. The number of aryl methyl sites for hydroxylation is 1. The third kappa shape index (κ3) is 2.06. The van der Waals surface area contributed by atoms with Crippen LogP contribution in [0.2, 0.25) is 0 Å². The van der Waals surface area contributed by atoms with Gasteiger partial charge in [-0.25, -0.2) is 0 Å². The van der Waals surface area contributed by atoms with Crippen molar-refractivity contribution < 1.29 is 9.84 Å². The second kappa shape index (κ2) is 4.34. The van der Waals surface area contributed by atoms with Crippen LogP contribution >= 0.6 is 0 Å². The van der Waals surface area contributed by atoms with Gasteiger partial charge in [0.2, 0.25) is 0 Å². The molecule has 0 heterocycles.